The van der Waals surface area contributed by atoms with Gasteiger partial charge in [0.2, 0.25) is 5.43 Å². The number of alkyl carbamates (subject to hydrolysis) is 1. The lowest BCUT2D eigenvalue weighted by Gasteiger charge is -2.30. The van der Waals surface area contributed by atoms with Crippen molar-refractivity contribution in [1.82, 2.24) is 9.99 Å². The third-order valence-electron chi connectivity index (χ3n) is 4.68. The quantitative estimate of drug-likeness (QED) is 0.554. The molecule has 0 saturated heterocycles. The maximum Gasteiger partial charge on any atom is 0.407 e. The van der Waals surface area contributed by atoms with Crippen molar-refractivity contribution in [3.8, 4) is 5.75 Å². The molecule has 0 bridgehead atoms. The molecule has 1 aliphatic heterocycles. The van der Waals surface area contributed by atoms with Crippen molar-refractivity contribution >= 4 is 23.0 Å². The van der Waals surface area contributed by atoms with Gasteiger partial charge in [0.25, 0.3) is 0 Å². The maximum absolute atomic E-state index is 13.0. The number of hydrogen-bond acceptors (Lipinski definition) is 7. The van der Waals surface area contributed by atoms with Crippen molar-refractivity contribution in [2.75, 3.05) is 31.9 Å². The van der Waals surface area contributed by atoms with Crippen LogP contribution in [-0.4, -0.2) is 49.3 Å². The van der Waals surface area contributed by atoms with E-state index in [9.17, 15) is 14.4 Å². The number of benzene rings is 1. The molecular formula is C22H29N3O6. The molecule has 1 aliphatic rings. The Labute approximate surface area is 180 Å². The fourth-order valence-electron chi connectivity index (χ4n) is 3.37. The number of hydrogen-bond donors (Lipinski definition) is 1. The van der Waals surface area contributed by atoms with E-state index in [1.807, 2.05) is 26.8 Å². The van der Waals surface area contributed by atoms with E-state index in [4.69, 9.17) is 14.2 Å². The summed E-state index contributed by atoms with van der Waals surface area (Å²) in [6.45, 7) is 8.01. The van der Waals surface area contributed by atoms with E-state index in [0.29, 0.717) is 36.0 Å². The lowest BCUT2D eigenvalue weighted by atomic mass is 10.0. The number of esters is 1. The molecule has 31 heavy (non-hydrogen) atoms. The van der Waals surface area contributed by atoms with Crippen LogP contribution in [0.15, 0.2) is 23.1 Å². The van der Waals surface area contributed by atoms with Crippen molar-refractivity contribution < 1.29 is 23.8 Å². The Morgan fingerprint density at radius 2 is 2.00 bits per heavy atom. The Balaban J connectivity index is 1.85. The van der Waals surface area contributed by atoms with Gasteiger partial charge in [-0.3, -0.25) is 14.5 Å². The van der Waals surface area contributed by atoms with Gasteiger partial charge in [0.05, 0.1) is 12.0 Å². The van der Waals surface area contributed by atoms with Gasteiger partial charge in [-0.2, -0.15) is 0 Å². The molecule has 1 N–H and O–H groups in total. The van der Waals surface area contributed by atoms with Gasteiger partial charge in [-0.05, 0) is 58.2 Å². The Morgan fingerprint density at radius 1 is 1.26 bits per heavy atom. The molecule has 0 unspecified atom stereocenters. The van der Waals surface area contributed by atoms with Crippen molar-refractivity contribution in [3.05, 3.63) is 39.7 Å². The van der Waals surface area contributed by atoms with Crippen LogP contribution in [0.3, 0.4) is 0 Å². The number of nitrogens with one attached hydrogen (secondary N) is 1. The second kappa shape index (κ2) is 8.87. The first-order valence-corrected chi connectivity index (χ1v) is 10.3. The van der Waals surface area contributed by atoms with E-state index in [1.165, 1.54) is 6.20 Å². The van der Waals surface area contributed by atoms with Crippen molar-refractivity contribution in [3.63, 3.8) is 0 Å². The first-order chi connectivity index (χ1) is 14.6. The number of carbonyl (C=O) groups is 2. The minimum atomic E-state index is -0.647. The first-order valence-electron chi connectivity index (χ1n) is 10.3. The fraction of sp³-hybridized carbons (Fsp3) is 0.500. The van der Waals surface area contributed by atoms with Crippen LogP contribution in [0, 0.1) is 0 Å². The van der Waals surface area contributed by atoms with Crippen LogP contribution in [0.2, 0.25) is 0 Å². The number of aryl methyl sites for hydroxylation is 1. The summed E-state index contributed by atoms with van der Waals surface area (Å²) in [5.74, 6) is -0.0650. The van der Waals surface area contributed by atoms with Crippen LogP contribution < -0.4 is 20.5 Å². The molecule has 0 aliphatic carbocycles. The van der Waals surface area contributed by atoms with E-state index < -0.39 is 23.1 Å². The Kier molecular flexibility index (Phi) is 6.42. The van der Waals surface area contributed by atoms with Crippen LogP contribution in [-0.2, 0) is 15.9 Å². The highest BCUT2D eigenvalue weighted by Crippen LogP contribution is 2.30. The van der Waals surface area contributed by atoms with Crippen LogP contribution >= 0.6 is 0 Å². The number of pyridine rings is 1. The lowest BCUT2D eigenvalue weighted by Crippen LogP contribution is -2.39. The van der Waals surface area contributed by atoms with Crippen molar-refractivity contribution in [2.24, 2.45) is 0 Å². The summed E-state index contributed by atoms with van der Waals surface area (Å²) in [5, 5.41) is 4.88. The molecule has 0 radical (unpaired) electrons. The van der Waals surface area contributed by atoms with Gasteiger partial charge >= 0.3 is 12.1 Å². The molecule has 2 aromatic rings. The number of amides is 1. The van der Waals surface area contributed by atoms with Gasteiger partial charge in [-0.15, -0.1) is 0 Å². The summed E-state index contributed by atoms with van der Waals surface area (Å²) in [5.41, 5.74) is 0.535. The zero-order chi connectivity index (χ0) is 22.8. The van der Waals surface area contributed by atoms with Gasteiger partial charge in [-0.25, -0.2) is 9.59 Å². The highest BCUT2D eigenvalue weighted by atomic mass is 16.6. The fourth-order valence-corrected chi connectivity index (χ4v) is 3.37. The van der Waals surface area contributed by atoms with Crippen molar-refractivity contribution in [2.45, 2.75) is 46.1 Å². The molecule has 0 spiro atoms. The van der Waals surface area contributed by atoms with Crippen LogP contribution in [0.1, 0.15) is 50.0 Å². The SMILES string of the molecule is CCOC(=O)c1cn2c3c(cc(CCCNC(=O)OC(C)(C)C)cc3c1=O)OCN2C. The average molecular weight is 431 g/mol. The normalized spacial score (nSPS) is 13.0. The van der Waals surface area contributed by atoms with Gasteiger partial charge in [-0.1, -0.05) is 0 Å². The number of rotatable bonds is 6. The van der Waals surface area contributed by atoms with E-state index in [2.05, 4.69) is 5.32 Å². The zero-order valence-electron chi connectivity index (χ0n) is 18.6. The summed E-state index contributed by atoms with van der Waals surface area (Å²) in [6.07, 6.45) is 2.30. The predicted octanol–water partition coefficient (Wildman–Crippen LogP) is 2.55. The molecule has 0 atom stereocenters. The number of ether oxygens (including phenoxy) is 3. The third-order valence-corrected chi connectivity index (χ3v) is 4.68. The molecule has 9 heteroatoms. The average Bonchev–Trinajstić information content (AvgIpc) is 2.68. The molecule has 1 amide bonds. The molecule has 168 valence electrons. The topological polar surface area (TPSA) is 99.1 Å². The number of carbonyl (C=O) groups excluding carboxylic acids is 2. The molecule has 2 heterocycles. The molecule has 9 nitrogen and oxygen atoms in total. The Bertz CT molecular complexity index is 1050. The van der Waals surface area contributed by atoms with Gasteiger partial charge in [0.1, 0.15) is 22.4 Å². The van der Waals surface area contributed by atoms with Gasteiger partial charge in [0.15, 0.2) is 6.73 Å². The molecule has 0 fully saturated rings. The standard InChI is InChI=1S/C22H29N3O6/c1-6-29-20(27)16-12-25-18-15(19(16)26)10-14(11-17(18)30-13-24(25)5)8-7-9-23-21(28)31-22(2,3)4/h10-12H,6-9,13H2,1-5H3,(H,23,28). The smallest absolute Gasteiger partial charge is 0.407 e. The van der Waals surface area contributed by atoms with Crippen molar-refractivity contribution in [1.29, 1.82) is 0 Å². The zero-order valence-corrected chi connectivity index (χ0v) is 18.6. The summed E-state index contributed by atoms with van der Waals surface area (Å²) in [4.78, 5) is 37.1. The summed E-state index contributed by atoms with van der Waals surface area (Å²) in [6, 6.07) is 3.67. The monoisotopic (exact) mass is 431 g/mol. The highest BCUT2D eigenvalue weighted by molar-refractivity contribution is 5.96. The molecular weight excluding hydrogens is 402 g/mol. The van der Waals surface area contributed by atoms with Crippen LogP contribution in [0.5, 0.6) is 5.75 Å². The third kappa shape index (κ3) is 5.10. The van der Waals surface area contributed by atoms with E-state index in [0.717, 1.165) is 5.56 Å². The molecule has 1 aromatic heterocycles. The number of aromatic nitrogens is 1. The summed E-state index contributed by atoms with van der Waals surface area (Å²) in [7, 11) is 1.80. The van der Waals surface area contributed by atoms with Gasteiger partial charge in [0, 0.05) is 19.8 Å². The van der Waals surface area contributed by atoms with Crippen LogP contribution in [0.25, 0.3) is 10.9 Å². The minimum Gasteiger partial charge on any atom is -0.469 e. The lowest BCUT2D eigenvalue weighted by molar-refractivity contribution is 0.0515. The predicted molar refractivity (Wildman–Crippen MR) is 116 cm³/mol. The second-order valence-electron chi connectivity index (χ2n) is 8.39. The van der Waals surface area contributed by atoms with E-state index in [-0.39, 0.29) is 18.9 Å². The van der Waals surface area contributed by atoms with Crippen LogP contribution in [0.4, 0.5) is 4.79 Å². The molecule has 1 aromatic carbocycles. The summed E-state index contributed by atoms with van der Waals surface area (Å²) < 4.78 is 17.8. The van der Waals surface area contributed by atoms with Gasteiger partial charge < -0.3 is 19.5 Å². The molecule has 3 rings (SSSR count). The Morgan fingerprint density at radius 3 is 2.68 bits per heavy atom. The Hall–Kier alpha value is -3.23. The highest BCUT2D eigenvalue weighted by Gasteiger charge is 2.24. The molecule has 0 saturated carbocycles. The largest absolute Gasteiger partial charge is 0.469 e. The summed E-state index contributed by atoms with van der Waals surface area (Å²) >= 11 is 0. The van der Waals surface area contributed by atoms with E-state index in [1.54, 1.807) is 29.7 Å². The van der Waals surface area contributed by atoms with E-state index >= 15 is 0 Å². The second-order valence-corrected chi connectivity index (χ2v) is 8.39. The number of nitrogens with zero attached hydrogens (tertiary/aromatic N) is 2. The first kappa shape index (κ1) is 22.5. The minimum absolute atomic E-state index is 0.0159. The maximum atomic E-state index is 13.0.